The fraction of sp³-hybridized carbons (Fsp3) is 0.778. The first-order valence-corrected chi connectivity index (χ1v) is 4.34. The van der Waals surface area contributed by atoms with Crippen LogP contribution in [0.4, 0.5) is 0 Å². The number of rotatable bonds is 2. The fourth-order valence-electron chi connectivity index (χ4n) is 1.23. The van der Waals surface area contributed by atoms with Crippen LogP contribution < -0.4 is 0 Å². The molecule has 0 aromatic heterocycles. The number of ether oxygens (including phenoxy) is 1. The third-order valence-electron chi connectivity index (χ3n) is 1.91. The summed E-state index contributed by atoms with van der Waals surface area (Å²) in [6.07, 6.45) is 5.48. The van der Waals surface area contributed by atoms with Crippen molar-refractivity contribution in [3.8, 4) is 0 Å². The fourth-order valence-corrected chi connectivity index (χ4v) is 1.23. The van der Waals surface area contributed by atoms with Gasteiger partial charge in [0.1, 0.15) is 0 Å². The molecule has 0 atom stereocenters. The lowest BCUT2D eigenvalue weighted by Gasteiger charge is -2.15. The lowest BCUT2D eigenvalue weighted by atomic mass is 10.4. The Labute approximate surface area is 68.8 Å². The van der Waals surface area contributed by atoms with Crippen molar-refractivity contribution in [2.75, 3.05) is 32.8 Å². The van der Waals surface area contributed by atoms with E-state index in [4.69, 9.17) is 4.74 Å². The summed E-state index contributed by atoms with van der Waals surface area (Å²) in [6.45, 7) is 7.26. The molecule has 0 amide bonds. The van der Waals surface area contributed by atoms with Gasteiger partial charge in [0, 0.05) is 26.2 Å². The van der Waals surface area contributed by atoms with Crippen molar-refractivity contribution >= 4 is 0 Å². The van der Waals surface area contributed by atoms with E-state index in [0.29, 0.717) is 0 Å². The van der Waals surface area contributed by atoms with Gasteiger partial charge in [0.25, 0.3) is 0 Å². The molecule has 11 heavy (non-hydrogen) atoms. The van der Waals surface area contributed by atoms with Gasteiger partial charge in [-0.1, -0.05) is 12.2 Å². The van der Waals surface area contributed by atoms with Crippen LogP contribution >= 0.6 is 0 Å². The lowest BCUT2D eigenvalue weighted by molar-refractivity contribution is 0.143. The summed E-state index contributed by atoms with van der Waals surface area (Å²) in [5, 5.41) is 0. The van der Waals surface area contributed by atoms with Gasteiger partial charge in [-0.25, -0.2) is 0 Å². The van der Waals surface area contributed by atoms with Crippen LogP contribution in [-0.4, -0.2) is 37.7 Å². The van der Waals surface area contributed by atoms with Crippen molar-refractivity contribution < 1.29 is 4.74 Å². The maximum atomic E-state index is 5.34. The molecule has 2 heteroatoms. The van der Waals surface area contributed by atoms with Crippen LogP contribution in [0.5, 0.6) is 0 Å². The highest BCUT2D eigenvalue weighted by Gasteiger charge is 2.05. The van der Waals surface area contributed by atoms with Crippen LogP contribution in [0, 0.1) is 0 Å². The smallest absolute Gasteiger partial charge is 0.0593 e. The molecular formula is C9H17NO. The van der Waals surface area contributed by atoms with E-state index in [1.165, 1.54) is 13.0 Å². The van der Waals surface area contributed by atoms with Crippen LogP contribution in [0.3, 0.4) is 0 Å². The molecule has 0 bridgehead atoms. The van der Waals surface area contributed by atoms with Crippen LogP contribution in [-0.2, 0) is 4.74 Å². The standard InChI is InChI=1S/C9H17NO/c1-2-3-5-10-6-4-8-11-9-7-10/h2-3H,4-9H2,1H3/b3-2+. The van der Waals surface area contributed by atoms with Crippen LogP contribution in [0.25, 0.3) is 0 Å². The largest absolute Gasteiger partial charge is 0.380 e. The lowest BCUT2D eigenvalue weighted by Crippen LogP contribution is -2.26. The minimum absolute atomic E-state index is 0.900. The summed E-state index contributed by atoms with van der Waals surface area (Å²) >= 11 is 0. The molecule has 0 unspecified atom stereocenters. The van der Waals surface area contributed by atoms with Crippen molar-refractivity contribution in [3.63, 3.8) is 0 Å². The predicted molar refractivity (Wildman–Crippen MR) is 46.7 cm³/mol. The molecule has 0 aromatic rings. The number of hydrogen-bond donors (Lipinski definition) is 0. The third-order valence-corrected chi connectivity index (χ3v) is 1.91. The highest BCUT2D eigenvalue weighted by Crippen LogP contribution is 1.98. The first-order valence-electron chi connectivity index (χ1n) is 4.34. The Morgan fingerprint density at radius 3 is 3.09 bits per heavy atom. The summed E-state index contributed by atoms with van der Waals surface area (Å²) in [4.78, 5) is 2.42. The van der Waals surface area contributed by atoms with E-state index in [2.05, 4.69) is 24.0 Å². The quantitative estimate of drug-likeness (QED) is 0.557. The van der Waals surface area contributed by atoms with Crippen molar-refractivity contribution in [1.82, 2.24) is 4.90 Å². The Balaban J connectivity index is 2.19. The summed E-state index contributed by atoms with van der Waals surface area (Å²) in [5.74, 6) is 0. The van der Waals surface area contributed by atoms with Gasteiger partial charge in [-0.05, 0) is 13.3 Å². The molecule has 0 radical (unpaired) electrons. The molecule has 0 aliphatic carbocycles. The highest BCUT2D eigenvalue weighted by molar-refractivity contribution is 4.81. The van der Waals surface area contributed by atoms with Crippen LogP contribution in [0.15, 0.2) is 12.2 Å². The predicted octanol–water partition coefficient (Wildman–Crippen LogP) is 1.28. The van der Waals surface area contributed by atoms with E-state index in [0.717, 1.165) is 26.3 Å². The van der Waals surface area contributed by atoms with Gasteiger partial charge in [-0.15, -0.1) is 0 Å². The Morgan fingerprint density at radius 2 is 2.27 bits per heavy atom. The third kappa shape index (κ3) is 3.54. The van der Waals surface area contributed by atoms with E-state index >= 15 is 0 Å². The average molecular weight is 155 g/mol. The Morgan fingerprint density at radius 1 is 1.36 bits per heavy atom. The van der Waals surface area contributed by atoms with E-state index in [-0.39, 0.29) is 0 Å². The van der Waals surface area contributed by atoms with Crippen molar-refractivity contribution in [3.05, 3.63) is 12.2 Å². The molecule has 1 aliphatic rings. The molecule has 1 aliphatic heterocycles. The van der Waals surface area contributed by atoms with E-state index < -0.39 is 0 Å². The van der Waals surface area contributed by atoms with Gasteiger partial charge in [0.05, 0.1) is 6.61 Å². The summed E-state index contributed by atoms with van der Waals surface area (Å²) < 4.78 is 5.34. The maximum Gasteiger partial charge on any atom is 0.0593 e. The SMILES string of the molecule is C/C=C/CN1CCCOCC1. The zero-order valence-corrected chi connectivity index (χ0v) is 7.25. The van der Waals surface area contributed by atoms with E-state index in [1.807, 2.05) is 0 Å². The van der Waals surface area contributed by atoms with Gasteiger partial charge < -0.3 is 4.74 Å². The molecule has 0 saturated carbocycles. The second kappa shape index (κ2) is 5.33. The number of hydrogen-bond acceptors (Lipinski definition) is 2. The molecule has 1 fully saturated rings. The van der Waals surface area contributed by atoms with Crippen molar-refractivity contribution in [2.24, 2.45) is 0 Å². The normalized spacial score (nSPS) is 22.3. The molecule has 0 spiro atoms. The second-order valence-electron chi connectivity index (χ2n) is 2.84. The summed E-state index contributed by atoms with van der Waals surface area (Å²) in [6, 6.07) is 0. The van der Waals surface area contributed by atoms with Gasteiger partial charge in [-0.2, -0.15) is 0 Å². The second-order valence-corrected chi connectivity index (χ2v) is 2.84. The molecule has 1 rings (SSSR count). The molecule has 2 nitrogen and oxygen atoms in total. The Kier molecular flexibility index (Phi) is 4.24. The minimum Gasteiger partial charge on any atom is -0.380 e. The molecule has 64 valence electrons. The molecular weight excluding hydrogens is 138 g/mol. The van der Waals surface area contributed by atoms with E-state index in [1.54, 1.807) is 0 Å². The Bertz CT molecular complexity index is 115. The van der Waals surface area contributed by atoms with Gasteiger partial charge in [0.2, 0.25) is 0 Å². The maximum absolute atomic E-state index is 5.34. The zero-order valence-electron chi connectivity index (χ0n) is 7.25. The molecule has 1 heterocycles. The topological polar surface area (TPSA) is 12.5 Å². The first kappa shape index (κ1) is 8.75. The average Bonchev–Trinajstić information content (AvgIpc) is 2.28. The van der Waals surface area contributed by atoms with Crippen LogP contribution in [0.1, 0.15) is 13.3 Å². The summed E-state index contributed by atoms with van der Waals surface area (Å²) in [7, 11) is 0. The highest BCUT2D eigenvalue weighted by atomic mass is 16.5. The monoisotopic (exact) mass is 155 g/mol. The molecule has 1 saturated heterocycles. The molecule has 0 N–H and O–H groups in total. The first-order chi connectivity index (χ1) is 5.43. The summed E-state index contributed by atoms with van der Waals surface area (Å²) in [5.41, 5.74) is 0. The van der Waals surface area contributed by atoms with Gasteiger partial charge in [-0.3, -0.25) is 4.90 Å². The number of nitrogens with zero attached hydrogens (tertiary/aromatic N) is 1. The van der Waals surface area contributed by atoms with E-state index in [9.17, 15) is 0 Å². The van der Waals surface area contributed by atoms with Crippen LogP contribution in [0.2, 0.25) is 0 Å². The molecule has 0 aromatic carbocycles. The van der Waals surface area contributed by atoms with Crippen molar-refractivity contribution in [1.29, 1.82) is 0 Å². The van der Waals surface area contributed by atoms with Gasteiger partial charge >= 0.3 is 0 Å². The minimum atomic E-state index is 0.900. The Hall–Kier alpha value is -0.340. The number of allylic oxidation sites excluding steroid dienone is 1. The zero-order chi connectivity index (χ0) is 7.94. The van der Waals surface area contributed by atoms with Crippen molar-refractivity contribution in [2.45, 2.75) is 13.3 Å². The van der Waals surface area contributed by atoms with Gasteiger partial charge in [0.15, 0.2) is 0 Å².